The van der Waals surface area contributed by atoms with Crippen molar-refractivity contribution in [3.8, 4) is 0 Å². The molecule has 1 unspecified atom stereocenters. The smallest absolute Gasteiger partial charge is 0.142 e. The molecule has 1 atom stereocenters. The second-order valence-corrected chi connectivity index (χ2v) is 3.24. The average molecular weight is 204 g/mol. The summed E-state index contributed by atoms with van der Waals surface area (Å²) in [5.41, 5.74) is 6.84. The number of rotatable bonds is 2. The summed E-state index contributed by atoms with van der Waals surface area (Å²) in [5, 5.41) is 8.88. The van der Waals surface area contributed by atoms with E-state index < -0.39 is 11.9 Å². The van der Waals surface area contributed by atoms with Gasteiger partial charge in [-0.2, -0.15) is 0 Å². The molecule has 2 nitrogen and oxygen atoms in total. The number of aliphatic hydroxyl groups is 1. The number of hydrogen-bond donors (Lipinski definition) is 2. The van der Waals surface area contributed by atoms with Crippen molar-refractivity contribution in [1.82, 2.24) is 0 Å². The summed E-state index contributed by atoms with van der Waals surface area (Å²) >= 11 is 5.67. The molecule has 0 radical (unpaired) electrons. The lowest BCUT2D eigenvalue weighted by Crippen LogP contribution is -2.16. The van der Waals surface area contributed by atoms with Crippen molar-refractivity contribution in [2.75, 3.05) is 6.61 Å². The fraction of sp³-hybridized carbons (Fsp3) is 0.333. The minimum absolute atomic E-state index is 0.0707. The van der Waals surface area contributed by atoms with E-state index >= 15 is 0 Å². The minimum atomic E-state index is -0.502. The summed E-state index contributed by atoms with van der Waals surface area (Å²) in [6, 6.07) is 2.29. The fourth-order valence-corrected chi connectivity index (χ4v) is 1.34. The third-order valence-electron chi connectivity index (χ3n) is 1.98. The molecule has 13 heavy (non-hydrogen) atoms. The molecule has 1 rings (SSSR count). The molecule has 0 amide bonds. The molecule has 0 saturated heterocycles. The zero-order valence-electron chi connectivity index (χ0n) is 7.22. The van der Waals surface area contributed by atoms with Gasteiger partial charge in [0.05, 0.1) is 17.7 Å². The van der Waals surface area contributed by atoms with Gasteiger partial charge in [0.25, 0.3) is 0 Å². The summed E-state index contributed by atoms with van der Waals surface area (Å²) in [5.74, 6) is -0.465. The summed E-state index contributed by atoms with van der Waals surface area (Å²) in [6.07, 6.45) is 0. The van der Waals surface area contributed by atoms with E-state index in [0.717, 1.165) is 0 Å². The van der Waals surface area contributed by atoms with Crippen molar-refractivity contribution in [3.05, 3.63) is 34.1 Å². The van der Waals surface area contributed by atoms with Gasteiger partial charge < -0.3 is 10.8 Å². The van der Waals surface area contributed by atoms with Gasteiger partial charge in [-0.15, -0.1) is 0 Å². The molecule has 72 valence electrons. The molecule has 0 spiro atoms. The lowest BCUT2D eigenvalue weighted by atomic mass is 10.0. The molecule has 0 aliphatic rings. The van der Waals surface area contributed by atoms with E-state index in [0.29, 0.717) is 11.1 Å². The maximum atomic E-state index is 12.9. The second-order valence-electron chi connectivity index (χ2n) is 2.86. The Hall–Kier alpha value is -0.640. The minimum Gasteiger partial charge on any atom is -0.394 e. The highest BCUT2D eigenvalue weighted by molar-refractivity contribution is 6.31. The standard InChI is InChI=1S/C9H11ClFNO/c1-5-6(8(12)4-13)2-3-7(11)9(5)10/h2-3,8,13H,4,12H2,1H3. The molecule has 3 N–H and O–H groups in total. The van der Waals surface area contributed by atoms with Crippen molar-refractivity contribution in [1.29, 1.82) is 0 Å². The van der Waals surface area contributed by atoms with Crippen LogP contribution in [0.1, 0.15) is 17.2 Å². The second kappa shape index (κ2) is 4.05. The van der Waals surface area contributed by atoms with Crippen LogP contribution in [0.3, 0.4) is 0 Å². The van der Waals surface area contributed by atoms with E-state index in [9.17, 15) is 4.39 Å². The molecule has 4 heteroatoms. The number of halogens is 2. The first kappa shape index (κ1) is 10.4. The van der Waals surface area contributed by atoms with Crippen molar-refractivity contribution < 1.29 is 9.50 Å². The van der Waals surface area contributed by atoms with E-state index in [4.69, 9.17) is 22.4 Å². The molecule has 0 bridgehead atoms. The van der Waals surface area contributed by atoms with Gasteiger partial charge in [-0.25, -0.2) is 4.39 Å². The zero-order chi connectivity index (χ0) is 10.0. The third kappa shape index (κ3) is 1.99. The van der Waals surface area contributed by atoms with Gasteiger partial charge in [0.2, 0.25) is 0 Å². The molecule has 0 fully saturated rings. The van der Waals surface area contributed by atoms with Gasteiger partial charge in [0.1, 0.15) is 5.82 Å². The van der Waals surface area contributed by atoms with Crippen molar-refractivity contribution in [3.63, 3.8) is 0 Å². The molecule has 0 saturated carbocycles. The Balaban J connectivity index is 3.18. The lowest BCUT2D eigenvalue weighted by molar-refractivity contribution is 0.267. The predicted molar refractivity (Wildman–Crippen MR) is 50.2 cm³/mol. The molecule has 0 aliphatic carbocycles. The summed E-state index contributed by atoms with van der Waals surface area (Å²) < 4.78 is 12.9. The molecular weight excluding hydrogens is 193 g/mol. The number of aliphatic hydroxyl groups excluding tert-OH is 1. The highest BCUT2D eigenvalue weighted by atomic mass is 35.5. The van der Waals surface area contributed by atoms with Crippen LogP contribution in [0.4, 0.5) is 4.39 Å². The highest BCUT2D eigenvalue weighted by Gasteiger charge is 2.12. The number of nitrogens with two attached hydrogens (primary N) is 1. The third-order valence-corrected chi connectivity index (χ3v) is 2.44. The van der Waals surface area contributed by atoms with E-state index in [1.165, 1.54) is 12.1 Å². The fourth-order valence-electron chi connectivity index (χ4n) is 1.17. The normalized spacial score (nSPS) is 13.0. The maximum Gasteiger partial charge on any atom is 0.142 e. The van der Waals surface area contributed by atoms with Gasteiger partial charge in [0, 0.05) is 0 Å². The SMILES string of the molecule is Cc1c(C(N)CO)ccc(F)c1Cl. The van der Waals surface area contributed by atoms with Crippen LogP contribution in [0, 0.1) is 12.7 Å². The molecular formula is C9H11ClFNO. The largest absolute Gasteiger partial charge is 0.394 e. The summed E-state index contributed by atoms with van der Waals surface area (Å²) in [6.45, 7) is 1.50. The van der Waals surface area contributed by atoms with Crippen molar-refractivity contribution in [2.45, 2.75) is 13.0 Å². The van der Waals surface area contributed by atoms with E-state index in [-0.39, 0.29) is 11.6 Å². The van der Waals surface area contributed by atoms with Crippen LogP contribution in [-0.4, -0.2) is 11.7 Å². The van der Waals surface area contributed by atoms with E-state index in [1.807, 2.05) is 0 Å². The molecule has 0 aliphatic heterocycles. The van der Waals surface area contributed by atoms with Gasteiger partial charge >= 0.3 is 0 Å². The van der Waals surface area contributed by atoms with E-state index in [1.54, 1.807) is 6.92 Å². The average Bonchev–Trinajstić information content (AvgIpc) is 2.13. The Bertz CT molecular complexity index is 317. The van der Waals surface area contributed by atoms with Crippen molar-refractivity contribution >= 4 is 11.6 Å². The Morgan fingerprint density at radius 1 is 1.62 bits per heavy atom. The van der Waals surface area contributed by atoms with Crippen LogP contribution in [0.2, 0.25) is 5.02 Å². The quantitative estimate of drug-likeness (QED) is 0.770. The Labute approximate surface area is 81.1 Å². The zero-order valence-corrected chi connectivity index (χ0v) is 7.98. The summed E-state index contributed by atoms with van der Waals surface area (Å²) in [4.78, 5) is 0. The summed E-state index contributed by atoms with van der Waals surface area (Å²) in [7, 11) is 0. The first-order chi connectivity index (χ1) is 6.07. The van der Waals surface area contributed by atoms with Crippen LogP contribution in [0.15, 0.2) is 12.1 Å². The Morgan fingerprint density at radius 3 is 2.77 bits per heavy atom. The van der Waals surface area contributed by atoms with Gasteiger partial charge in [0.15, 0.2) is 0 Å². The van der Waals surface area contributed by atoms with Gasteiger partial charge in [-0.1, -0.05) is 17.7 Å². The van der Waals surface area contributed by atoms with Gasteiger partial charge in [-0.3, -0.25) is 0 Å². The Morgan fingerprint density at radius 2 is 2.23 bits per heavy atom. The molecule has 0 aromatic heterocycles. The van der Waals surface area contributed by atoms with E-state index in [2.05, 4.69) is 0 Å². The van der Waals surface area contributed by atoms with Gasteiger partial charge in [-0.05, 0) is 24.1 Å². The highest BCUT2D eigenvalue weighted by Crippen LogP contribution is 2.25. The van der Waals surface area contributed by atoms with Crippen LogP contribution < -0.4 is 5.73 Å². The molecule has 0 heterocycles. The maximum absolute atomic E-state index is 12.9. The van der Waals surface area contributed by atoms with Crippen LogP contribution in [-0.2, 0) is 0 Å². The Kier molecular flexibility index (Phi) is 3.25. The van der Waals surface area contributed by atoms with Crippen molar-refractivity contribution in [2.24, 2.45) is 5.73 Å². The predicted octanol–water partition coefficient (Wildman–Crippen LogP) is 1.78. The first-order valence-corrected chi connectivity index (χ1v) is 4.26. The number of benzene rings is 1. The monoisotopic (exact) mass is 203 g/mol. The molecule has 1 aromatic rings. The molecule has 1 aromatic carbocycles. The van der Waals surface area contributed by atoms with Crippen LogP contribution >= 0.6 is 11.6 Å². The van der Waals surface area contributed by atoms with Crippen LogP contribution in [0.25, 0.3) is 0 Å². The first-order valence-electron chi connectivity index (χ1n) is 3.89. The topological polar surface area (TPSA) is 46.2 Å². The van der Waals surface area contributed by atoms with Crippen LogP contribution in [0.5, 0.6) is 0 Å². The lowest BCUT2D eigenvalue weighted by Gasteiger charge is -2.13. The number of hydrogen-bond acceptors (Lipinski definition) is 2.